The second-order valence-corrected chi connectivity index (χ2v) is 5.35. The number of hydrogen-bond acceptors (Lipinski definition) is 3. The van der Waals surface area contributed by atoms with Gasteiger partial charge in [-0.3, -0.25) is 9.59 Å². The van der Waals surface area contributed by atoms with E-state index in [1.807, 2.05) is 26.0 Å². The molecule has 2 N–H and O–H groups in total. The zero-order valence-electron chi connectivity index (χ0n) is 11.4. The first-order valence-electron chi connectivity index (χ1n) is 6.15. The van der Waals surface area contributed by atoms with Crippen LogP contribution in [0.1, 0.15) is 25.8 Å². The lowest BCUT2D eigenvalue weighted by Crippen LogP contribution is -2.32. The van der Waals surface area contributed by atoms with Gasteiger partial charge >= 0.3 is 0 Å². The molecule has 0 radical (unpaired) electrons. The highest BCUT2D eigenvalue weighted by atomic mass is 16.5. The van der Waals surface area contributed by atoms with Crippen molar-refractivity contribution in [1.29, 1.82) is 0 Å². The maximum Gasteiger partial charge on any atom is 0.250 e. The second kappa shape index (κ2) is 5.01. The van der Waals surface area contributed by atoms with Gasteiger partial charge in [-0.15, -0.1) is 0 Å². The maximum absolute atomic E-state index is 11.7. The fourth-order valence-electron chi connectivity index (χ4n) is 2.33. The number of nitrogens with one attached hydrogen (secondary N) is 2. The zero-order valence-corrected chi connectivity index (χ0v) is 11.4. The number of fused-ring (bicyclic) bond motifs is 1. The van der Waals surface area contributed by atoms with Crippen LogP contribution in [-0.4, -0.2) is 25.5 Å². The number of carbonyl (C=O) groups is 2. The summed E-state index contributed by atoms with van der Waals surface area (Å²) in [7, 11) is 1.47. The number of methoxy groups -OCH3 is 1. The van der Waals surface area contributed by atoms with Gasteiger partial charge < -0.3 is 15.4 Å². The molecular formula is C14H18N2O3. The van der Waals surface area contributed by atoms with Crippen molar-refractivity contribution < 1.29 is 14.3 Å². The highest BCUT2D eigenvalue weighted by Gasteiger charge is 2.31. The first-order valence-corrected chi connectivity index (χ1v) is 6.15. The molecule has 0 aromatic heterocycles. The molecular weight excluding hydrogens is 244 g/mol. The van der Waals surface area contributed by atoms with Crippen LogP contribution in [-0.2, 0) is 19.7 Å². The van der Waals surface area contributed by atoms with Crippen LogP contribution in [0.2, 0.25) is 0 Å². The lowest BCUT2D eigenvalue weighted by atomic mass is 9.78. The predicted octanol–water partition coefficient (Wildman–Crippen LogP) is 1.89. The van der Waals surface area contributed by atoms with Crippen LogP contribution in [0.15, 0.2) is 18.2 Å². The van der Waals surface area contributed by atoms with Crippen LogP contribution in [0, 0.1) is 0 Å². The normalized spacial score (nSPS) is 16.5. The summed E-state index contributed by atoms with van der Waals surface area (Å²) in [5.41, 5.74) is 2.30. The average molecular weight is 262 g/mol. The van der Waals surface area contributed by atoms with Gasteiger partial charge in [0.25, 0.3) is 0 Å². The number of benzene rings is 1. The Labute approximate surface area is 112 Å². The molecule has 0 saturated carbocycles. The van der Waals surface area contributed by atoms with E-state index in [0.29, 0.717) is 12.1 Å². The van der Waals surface area contributed by atoms with Gasteiger partial charge in [-0.25, -0.2) is 0 Å². The summed E-state index contributed by atoms with van der Waals surface area (Å²) >= 11 is 0. The van der Waals surface area contributed by atoms with Gasteiger partial charge in [-0.1, -0.05) is 19.9 Å². The van der Waals surface area contributed by atoms with E-state index in [2.05, 4.69) is 10.6 Å². The summed E-state index contributed by atoms with van der Waals surface area (Å²) in [5.74, 6) is -0.221. The van der Waals surface area contributed by atoms with Crippen molar-refractivity contribution in [3.63, 3.8) is 0 Å². The summed E-state index contributed by atoms with van der Waals surface area (Å²) in [5, 5.41) is 5.56. The van der Waals surface area contributed by atoms with Crippen molar-refractivity contribution >= 4 is 23.2 Å². The van der Waals surface area contributed by atoms with Gasteiger partial charge in [-0.2, -0.15) is 0 Å². The molecule has 1 aliphatic rings. The molecule has 2 amide bonds. The van der Waals surface area contributed by atoms with Gasteiger partial charge in [0.15, 0.2) is 0 Å². The van der Waals surface area contributed by atoms with Crippen molar-refractivity contribution in [3.05, 3.63) is 23.8 Å². The summed E-state index contributed by atoms with van der Waals surface area (Å²) in [4.78, 5) is 23.1. The minimum Gasteiger partial charge on any atom is -0.375 e. The van der Waals surface area contributed by atoms with E-state index >= 15 is 0 Å². The third-order valence-corrected chi connectivity index (χ3v) is 3.18. The molecule has 0 saturated heterocycles. The lowest BCUT2D eigenvalue weighted by Gasteiger charge is -2.32. The molecule has 0 aliphatic carbocycles. The fraction of sp³-hybridized carbons (Fsp3) is 0.429. The number of hydrogen-bond donors (Lipinski definition) is 2. The summed E-state index contributed by atoms with van der Waals surface area (Å²) in [6.45, 7) is 4.08. The molecule has 5 heteroatoms. The number of carbonyl (C=O) groups excluding carboxylic acids is 2. The lowest BCUT2D eigenvalue weighted by molar-refractivity contribution is -0.119. The molecule has 5 nitrogen and oxygen atoms in total. The smallest absolute Gasteiger partial charge is 0.250 e. The number of amides is 2. The molecule has 2 rings (SSSR count). The summed E-state index contributed by atoms with van der Waals surface area (Å²) in [6.07, 6.45) is 0.468. The van der Waals surface area contributed by atoms with E-state index < -0.39 is 0 Å². The largest absolute Gasteiger partial charge is 0.375 e. The Kier molecular flexibility index (Phi) is 3.57. The SMILES string of the molecule is COCC(=O)Nc1ccc2c(c1)NC(=O)CC2(C)C. The van der Waals surface area contributed by atoms with E-state index in [1.165, 1.54) is 7.11 Å². The molecule has 0 fully saturated rings. The molecule has 1 aliphatic heterocycles. The third-order valence-electron chi connectivity index (χ3n) is 3.18. The molecule has 1 heterocycles. The minimum absolute atomic E-state index is 0.00197. The van der Waals surface area contributed by atoms with Crippen LogP contribution in [0.25, 0.3) is 0 Å². The number of ether oxygens (including phenoxy) is 1. The monoisotopic (exact) mass is 262 g/mol. The van der Waals surface area contributed by atoms with Crippen LogP contribution >= 0.6 is 0 Å². The Morgan fingerprint density at radius 3 is 2.89 bits per heavy atom. The first-order chi connectivity index (χ1) is 8.92. The van der Waals surface area contributed by atoms with Gasteiger partial charge in [0.05, 0.1) is 0 Å². The van der Waals surface area contributed by atoms with E-state index in [1.54, 1.807) is 6.07 Å². The minimum atomic E-state index is -0.219. The van der Waals surface area contributed by atoms with Gasteiger partial charge in [0.1, 0.15) is 6.61 Å². The quantitative estimate of drug-likeness (QED) is 0.874. The molecule has 19 heavy (non-hydrogen) atoms. The fourth-order valence-corrected chi connectivity index (χ4v) is 2.33. The van der Waals surface area contributed by atoms with Crippen molar-refractivity contribution in [2.75, 3.05) is 24.4 Å². The van der Waals surface area contributed by atoms with Crippen molar-refractivity contribution in [1.82, 2.24) is 0 Å². The van der Waals surface area contributed by atoms with Gasteiger partial charge in [0, 0.05) is 30.3 Å². The number of anilines is 2. The molecule has 0 atom stereocenters. The third kappa shape index (κ3) is 2.93. The number of rotatable bonds is 3. The Morgan fingerprint density at radius 2 is 2.21 bits per heavy atom. The van der Waals surface area contributed by atoms with Crippen molar-refractivity contribution in [2.24, 2.45) is 0 Å². The topological polar surface area (TPSA) is 67.4 Å². The Balaban J connectivity index is 2.26. The van der Waals surface area contributed by atoms with Gasteiger partial charge in [-0.05, 0) is 17.7 Å². The predicted molar refractivity (Wildman–Crippen MR) is 73.2 cm³/mol. The van der Waals surface area contributed by atoms with Crippen molar-refractivity contribution in [3.8, 4) is 0 Å². The second-order valence-electron chi connectivity index (χ2n) is 5.35. The summed E-state index contributed by atoms with van der Waals surface area (Å²) < 4.78 is 4.76. The van der Waals surface area contributed by atoms with E-state index in [-0.39, 0.29) is 23.8 Å². The molecule has 1 aromatic rings. The van der Waals surface area contributed by atoms with Crippen molar-refractivity contribution in [2.45, 2.75) is 25.7 Å². The Bertz CT molecular complexity index is 523. The van der Waals surface area contributed by atoms with Gasteiger partial charge in [0.2, 0.25) is 11.8 Å². The highest BCUT2D eigenvalue weighted by molar-refractivity contribution is 5.97. The van der Waals surface area contributed by atoms with Crippen LogP contribution < -0.4 is 10.6 Å². The molecule has 0 bridgehead atoms. The molecule has 0 unspecified atom stereocenters. The molecule has 1 aromatic carbocycles. The summed E-state index contributed by atoms with van der Waals surface area (Å²) in [6, 6.07) is 5.56. The average Bonchev–Trinajstić information content (AvgIpc) is 2.26. The van der Waals surface area contributed by atoms with E-state index in [0.717, 1.165) is 11.3 Å². The molecule has 102 valence electrons. The first kappa shape index (κ1) is 13.5. The van der Waals surface area contributed by atoms with Crippen LogP contribution in [0.5, 0.6) is 0 Å². The van der Waals surface area contributed by atoms with E-state index in [4.69, 9.17) is 4.74 Å². The maximum atomic E-state index is 11.7. The highest BCUT2D eigenvalue weighted by Crippen LogP contribution is 2.38. The Morgan fingerprint density at radius 1 is 1.47 bits per heavy atom. The van der Waals surface area contributed by atoms with Crippen LogP contribution in [0.3, 0.4) is 0 Å². The molecule has 0 spiro atoms. The van der Waals surface area contributed by atoms with E-state index in [9.17, 15) is 9.59 Å². The Hall–Kier alpha value is -1.88. The van der Waals surface area contributed by atoms with Crippen LogP contribution in [0.4, 0.5) is 11.4 Å². The standard InChI is InChI=1S/C14H18N2O3/c1-14(2)7-12(17)16-11-6-9(4-5-10(11)14)15-13(18)8-19-3/h4-6H,7-8H2,1-3H3,(H,15,18)(H,16,17). The zero-order chi connectivity index (χ0) is 14.0.